The molecule has 0 aliphatic rings. The summed E-state index contributed by atoms with van der Waals surface area (Å²) in [5, 5.41) is 19.2. The lowest BCUT2D eigenvalue weighted by molar-refractivity contribution is 0.477. The zero-order valence-corrected chi connectivity index (χ0v) is 17.5. The van der Waals surface area contributed by atoms with Gasteiger partial charge in [0.2, 0.25) is 0 Å². The summed E-state index contributed by atoms with van der Waals surface area (Å²) < 4.78 is 54.9. The molecule has 0 heterocycles. The molecule has 0 amide bonds. The van der Waals surface area contributed by atoms with E-state index in [2.05, 4.69) is 9.44 Å². The zero-order valence-electron chi connectivity index (χ0n) is 15.1. The van der Waals surface area contributed by atoms with Crippen molar-refractivity contribution in [2.24, 2.45) is 0 Å². The van der Waals surface area contributed by atoms with Crippen LogP contribution in [0.15, 0.2) is 76.5 Å². The number of hydrogen-bond acceptors (Lipinski definition) is 6. The van der Waals surface area contributed by atoms with Crippen LogP contribution in [0.4, 0.5) is 11.4 Å². The van der Waals surface area contributed by atoms with Crippen molar-refractivity contribution < 1.29 is 21.9 Å². The van der Waals surface area contributed by atoms with E-state index in [1.54, 1.807) is 12.1 Å². The van der Waals surface area contributed by atoms with E-state index in [-0.39, 0.29) is 26.7 Å². The normalized spacial score (nSPS) is 11.5. The highest BCUT2D eigenvalue weighted by Gasteiger charge is 2.20. The van der Waals surface area contributed by atoms with Gasteiger partial charge in [0, 0.05) is 5.02 Å². The molecule has 3 aromatic carbocycles. The maximum Gasteiger partial charge on any atom is 0.262 e. The predicted molar refractivity (Wildman–Crippen MR) is 112 cm³/mol. The number of aromatic hydroxyl groups is 1. The van der Waals surface area contributed by atoms with Crippen molar-refractivity contribution in [1.29, 1.82) is 5.26 Å². The van der Waals surface area contributed by atoms with Crippen LogP contribution in [0.2, 0.25) is 5.02 Å². The van der Waals surface area contributed by atoms with E-state index in [1.807, 2.05) is 6.07 Å². The van der Waals surface area contributed by atoms with Gasteiger partial charge in [-0.3, -0.25) is 9.44 Å². The highest BCUT2D eigenvalue weighted by atomic mass is 35.5. The van der Waals surface area contributed by atoms with Crippen LogP contribution in [0.25, 0.3) is 0 Å². The quantitative estimate of drug-likeness (QED) is 0.478. The van der Waals surface area contributed by atoms with Gasteiger partial charge in [-0.15, -0.1) is 0 Å². The number of hydrogen-bond donors (Lipinski definition) is 3. The Kier molecular flexibility index (Phi) is 5.89. The maximum absolute atomic E-state index is 12.6. The molecule has 0 saturated heterocycles. The van der Waals surface area contributed by atoms with Gasteiger partial charge >= 0.3 is 0 Å². The first kappa shape index (κ1) is 21.4. The number of phenols is 1. The van der Waals surface area contributed by atoms with Crippen LogP contribution in [0.1, 0.15) is 5.56 Å². The average Bonchev–Trinajstić information content (AvgIpc) is 2.69. The number of nitriles is 1. The first-order chi connectivity index (χ1) is 14.1. The molecule has 0 saturated carbocycles. The lowest BCUT2D eigenvalue weighted by Gasteiger charge is -2.13. The second-order valence-corrected chi connectivity index (χ2v) is 9.84. The third kappa shape index (κ3) is 4.83. The summed E-state index contributed by atoms with van der Waals surface area (Å²) >= 11 is 5.85. The molecule has 30 heavy (non-hydrogen) atoms. The molecule has 154 valence electrons. The minimum Gasteiger partial charge on any atom is -0.506 e. The van der Waals surface area contributed by atoms with E-state index in [9.17, 15) is 21.9 Å². The van der Waals surface area contributed by atoms with Gasteiger partial charge in [0.05, 0.1) is 32.8 Å². The Labute approximate surface area is 178 Å². The number of benzene rings is 3. The lowest BCUT2D eigenvalue weighted by Crippen LogP contribution is -2.15. The van der Waals surface area contributed by atoms with Crippen LogP contribution in [0, 0.1) is 11.3 Å². The van der Waals surface area contributed by atoms with Crippen molar-refractivity contribution in [3.63, 3.8) is 0 Å². The first-order valence-electron chi connectivity index (χ1n) is 8.25. The molecular weight excluding hydrogens is 450 g/mol. The predicted octanol–water partition coefficient (Wildman–Crippen LogP) is 3.52. The summed E-state index contributed by atoms with van der Waals surface area (Å²) in [4.78, 5) is -0.441. The first-order valence-corrected chi connectivity index (χ1v) is 11.6. The molecule has 0 radical (unpaired) electrons. The lowest BCUT2D eigenvalue weighted by atomic mass is 10.2. The number of sulfonamides is 2. The molecule has 0 aliphatic carbocycles. The molecule has 0 unspecified atom stereocenters. The smallest absolute Gasteiger partial charge is 0.262 e. The summed E-state index contributed by atoms with van der Waals surface area (Å²) in [5.74, 6) is -0.464. The van der Waals surface area contributed by atoms with E-state index in [4.69, 9.17) is 16.9 Å². The van der Waals surface area contributed by atoms with Crippen LogP contribution < -0.4 is 9.44 Å². The molecule has 0 bridgehead atoms. The highest BCUT2D eigenvalue weighted by molar-refractivity contribution is 7.93. The van der Waals surface area contributed by atoms with Crippen molar-refractivity contribution in [1.82, 2.24) is 0 Å². The van der Waals surface area contributed by atoms with Gasteiger partial charge < -0.3 is 5.11 Å². The van der Waals surface area contributed by atoms with Crippen molar-refractivity contribution >= 4 is 43.0 Å². The van der Waals surface area contributed by atoms with Crippen LogP contribution in [0.5, 0.6) is 5.75 Å². The van der Waals surface area contributed by atoms with Gasteiger partial charge in [0.1, 0.15) is 5.75 Å². The van der Waals surface area contributed by atoms with Crippen LogP contribution in [-0.4, -0.2) is 21.9 Å². The fourth-order valence-electron chi connectivity index (χ4n) is 2.44. The molecule has 3 rings (SSSR count). The van der Waals surface area contributed by atoms with Gasteiger partial charge in [0.15, 0.2) is 0 Å². The molecule has 3 N–H and O–H groups in total. The molecule has 0 aliphatic heterocycles. The van der Waals surface area contributed by atoms with Gasteiger partial charge in [-0.1, -0.05) is 17.7 Å². The van der Waals surface area contributed by atoms with Crippen LogP contribution >= 0.6 is 11.6 Å². The fourth-order valence-corrected chi connectivity index (χ4v) is 4.77. The summed E-state index contributed by atoms with van der Waals surface area (Å²) in [6.07, 6.45) is 0. The molecule has 8 nitrogen and oxygen atoms in total. The molecular formula is C19H14ClN3O5S2. The Bertz CT molecular complexity index is 1350. The second kappa shape index (κ2) is 8.23. The van der Waals surface area contributed by atoms with E-state index in [0.29, 0.717) is 5.02 Å². The van der Waals surface area contributed by atoms with Gasteiger partial charge in [0.25, 0.3) is 20.0 Å². The SMILES string of the molecule is N#Cc1ccc(S(=O)(=O)Nc2cc(S(=O)(=O)Nc3cccc(Cl)c3)ccc2O)cc1. The topological polar surface area (TPSA) is 136 Å². The third-order valence-corrected chi connectivity index (χ3v) is 6.89. The van der Waals surface area contributed by atoms with Crippen LogP contribution in [0.3, 0.4) is 0 Å². The van der Waals surface area contributed by atoms with Gasteiger partial charge in [-0.2, -0.15) is 5.26 Å². The van der Waals surface area contributed by atoms with Crippen molar-refractivity contribution in [3.8, 4) is 11.8 Å². The summed E-state index contributed by atoms with van der Waals surface area (Å²) in [6, 6.07) is 16.2. The Morgan fingerprint density at radius 1 is 0.833 bits per heavy atom. The van der Waals surface area contributed by atoms with Crippen LogP contribution in [-0.2, 0) is 20.0 Å². The van der Waals surface area contributed by atoms with E-state index in [0.717, 1.165) is 18.2 Å². The number of phenolic OH excluding ortho intramolecular Hbond substituents is 1. The Hall–Kier alpha value is -3.26. The highest BCUT2D eigenvalue weighted by Crippen LogP contribution is 2.30. The molecule has 0 atom stereocenters. The molecule has 0 fully saturated rings. The monoisotopic (exact) mass is 463 g/mol. The fraction of sp³-hybridized carbons (Fsp3) is 0. The van der Waals surface area contributed by atoms with Gasteiger partial charge in [-0.05, 0) is 60.7 Å². The summed E-state index contributed by atoms with van der Waals surface area (Å²) in [6.45, 7) is 0. The average molecular weight is 464 g/mol. The minimum absolute atomic E-state index is 0.161. The standard InChI is InChI=1S/C19H14ClN3O5S2/c20-14-2-1-3-15(10-14)22-30(27,28)17-8-9-19(24)18(11-17)23-29(25,26)16-6-4-13(12-21)5-7-16/h1-11,22-24H. The number of nitrogens with one attached hydrogen (secondary N) is 2. The number of rotatable bonds is 6. The largest absolute Gasteiger partial charge is 0.506 e. The van der Waals surface area contributed by atoms with E-state index in [1.165, 1.54) is 36.4 Å². The maximum atomic E-state index is 12.6. The second-order valence-electron chi connectivity index (χ2n) is 6.04. The zero-order chi connectivity index (χ0) is 21.9. The Balaban J connectivity index is 1.92. The molecule has 3 aromatic rings. The summed E-state index contributed by atoms with van der Waals surface area (Å²) in [7, 11) is -8.23. The molecule has 11 heteroatoms. The molecule has 0 spiro atoms. The number of anilines is 2. The van der Waals surface area contributed by atoms with Crippen molar-refractivity contribution in [3.05, 3.63) is 77.3 Å². The number of halogens is 1. The minimum atomic E-state index is -4.14. The van der Waals surface area contributed by atoms with E-state index >= 15 is 0 Å². The number of nitrogens with zero attached hydrogens (tertiary/aromatic N) is 1. The van der Waals surface area contributed by atoms with E-state index < -0.39 is 25.8 Å². The van der Waals surface area contributed by atoms with Gasteiger partial charge in [-0.25, -0.2) is 16.8 Å². The van der Waals surface area contributed by atoms with Crippen molar-refractivity contribution in [2.75, 3.05) is 9.44 Å². The molecule has 0 aromatic heterocycles. The third-order valence-electron chi connectivity index (χ3n) is 3.89. The van der Waals surface area contributed by atoms with Crippen molar-refractivity contribution in [2.45, 2.75) is 9.79 Å². The summed E-state index contributed by atoms with van der Waals surface area (Å²) in [5.41, 5.74) is 0.167. The Morgan fingerprint density at radius 3 is 2.10 bits per heavy atom. The Morgan fingerprint density at radius 2 is 1.47 bits per heavy atom.